The Morgan fingerprint density at radius 3 is 1.56 bits per heavy atom. The fraction of sp³-hybridized carbons (Fsp3) is 0. The minimum absolute atomic E-state index is 0.562. The Balaban J connectivity index is 1.10. The Hall–Kier alpha value is -7.86. The van der Waals surface area contributed by atoms with E-state index in [1.54, 1.807) is 0 Å². The summed E-state index contributed by atoms with van der Waals surface area (Å²) < 4.78 is 6.83. The summed E-state index contributed by atoms with van der Waals surface area (Å²) in [4.78, 5) is 3.72. The lowest BCUT2D eigenvalue weighted by Crippen LogP contribution is -2.00. The van der Waals surface area contributed by atoms with E-state index in [1.807, 2.05) is 48.5 Å². The molecule has 0 aliphatic carbocycles. The van der Waals surface area contributed by atoms with E-state index in [2.05, 4.69) is 152 Å². The molecule has 0 spiro atoms. The summed E-state index contributed by atoms with van der Waals surface area (Å²) in [6.45, 7) is 7.70. The molecule has 0 atom stereocenters. The van der Waals surface area contributed by atoms with Crippen LogP contribution in [0.2, 0.25) is 0 Å². The molecule has 0 radical (unpaired) electrons. The van der Waals surface area contributed by atoms with Crippen molar-refractivity contribution < 1.29 is 0 Å². The first-order chi connectivity index (χ1) is 27.2. The van der Waals surface area contributed by atoms with Gasteiger partial charge in [0.2, 0.25) is 0 Å². The molecule has 5 nitrogen and oxygen atoms in total. The Morgan fingerprint density at radius 2 is 0.945 bits per heavy atom. The number of fused-ring (bicyclic) bond motifs is 9. The molecule has 0 unspecified atom stereocenters. The molecule has 5 heteroatoms. The number of rotatable bonds is 4. The summed E-state index contributed by atoms with van der Waals surface area (Å²) in [5, 5.41) is 17.8. The lowest BCUT2D eigenvalue weighted by Gasteiger charge is -2.15. The van der Waals surface area contributed by atoms with Gasteiger partial charge in [0.1, 0.15) is 6.07 Å². The number of benzene rings is 8. The zero-order chi connectivity index (χ0) is 36.6. The highest BCUT2D eigenvalue weighted by atomic mass is 15.0. The molecule has 0 fully saturated rings. The average molecular weight is 700 g/mol. The number of aromatic nitrogens is 3. The predicted molar refractivity (Wildman–Crippen MR) is 226 cm³/mol. The molecule has 0 saturated heterocycles. The third-order valence-electron chi connectivity index (χ3n) is 11.1. The first-order valence-corrected chi connectivity index (χ1v) is 18.3. The highest BCUT2D eigenvalue weighted by Crippen LogP contribution is 2.40. The lowest BCUT2D eigenvalue weighted by molar-refractivity contribution is 1.16. The van der Waals surface area contributed by atoms with E-state index in [1.165, 1.54) is 32.6 Å². The molecule has 11 rings (SSSR count). The number of nitriles is 1. The minimum Gasteiger partial charge on any atom is -0.309 e. The Kier molecular flexibility index (Phi) is 6.61. The second-order valence-electron chi connectivity index (χ2n) is 14.0. The maximum atomic E-state index is 10.9. The SMILES string of the molecule is [C-]#[N+]c1ccc2c3ccccc3n(-c3cccc(-c4cccc(-n5c6ccccc6c6cc(-n7c8ccccc8c8ccccc87)ccc65)c4)c3C#N)c2c1. The highest BCUT2D eigenvalue weighted by Gasteiger charge is 2.20. The third-order valence-corrected chi connectivity index (χ3v) is 11.1. The van der Waals surface area contributed by atoms with Crippen LogP contribution in [0.3, 0.4) is 0 Å². The van der Waals surface area contributed by atoms with E-state index in [0.29, 0.717) is 11.3 Å². The molecule has 0 amide bonds. The number of nitrogens with zero attached hydrogens (tertiary/aromatic N) is 5. The first kappa shape index (κ1) is 30.7. The minimum atomic E-state index is 0.562. The second-order valence-corrected chi connectivity index (χ2v) is 14.0. The van der Waals surface area contributed by atoms with Gasteiger partial charge in [-0.05, 0) is 72.3 Å². The molecular weight excluding hydrogens is 671 g/mol. The lowest BCUT2D eigenvalue weighted by atomic mass is 9.98. The summed E-state index contributed by atoms with van der Waals surface area (Å²) in [6.07, 6.45) is 0. The van der Waals surface area contributed by atoms with Gasteiger partial charge in [0.25, 0.3) is 0 Å². The number of hydrogen-bond donors (Lipinski definition) is 0. The van der Waals surface area contributed by atoms with Crippen molar-refractivity contribution in [2.75, 3.05) is 0 Å². The molecular formula is C50H29N5. The van der Waals surface area contributed by atoms with Crippen molar-refractivity contribution in [3.8, 4) is 34.3 Å². The largest absolute Gasteiger partial charge is 0.309 e. The van der Waals surface area contributed by atoms with E-state index in [9.17, 15) is 5.26 Å². The Morgan fingerprint density at radius 1 is 0.418 bits per heavy atom. The van der Waals surface area contributed by atoms with Gasteiger partial charge in [0.05, 0.1) is 45.4 Å². The molecule has 8 aromatic carbocycles. The van der Waals surface area contributed by atoms with Crippen molar-refractivity contribution in [2.24, 2.45) is 0 Å². The molecule has 0 aliphatic heterocycles. The molecule has 11 aromatic rings. The molecule has 0 N–H and O–H groups in total. The van der Waals surface area contributed by atoms with Gasteiger partial charge >= 0.3 is 0 Å². The van der Waals surface area contributed by atoms with Crippen molar-refractivity contribution in [1.29, 1.82) is 5.26 Å². The molecule has 3 heterocycles. The fourth-order valence-corrected chi connectivity index (χ4v) is 8.76. The summed E-state index contributed by atoms with van der Waals surface area (Å²) in [5.41, 5.74) is 12.3. The van der Waals surface area contributed by atoms with E-state index < -0.39 is 0 Å². The van der Waals surface area contributed by atoms with Crippen LogP contribution in [-0.4, -0.2) is 13.7 Å². The van der Waals surface area contributed by atoms with Gasteiger partial charge < -0.3 is 13.7 Å². The maximum absolute atomic E-state index is 10.9. The molecule has 0 bridgehead atoms. The van der Waals surface area contributed by atoms with Crippen LogP contribution in [0.1, 0.15) is 5.56 Å². The van der Waals surface area contributed by atoms with E-state index >= 15 is 0 Å². The van der Waals surface area contributed by atoms with Crippen LogP contribution >= 0.6 is 0 Å². The number of hydrogen-bond acceptors (Lipinski definition) is 1. The van der Waals surface area contributed by atoms with Gasteiger partial charge in [-0.2, -0.15) is 5.26 Å². The quantitative estimate of drug-likeness (QED) is 0.169. The average Bonchev–Trinajstić information content (AvgIpc) is 3.88. The van der Waals surface area contributed by atoms with E-state index in [0.717, 1.165) is 61.0 Å². The summed E-state index contributed by atoms with van der Waals surface area (Å²) in [5.74, 6) is 0. The van der Waals surface area contributed by atoms with Gasteiger partial charge in [-0.3, -0.25) is 0 Å². The Bertz CT molecular complexity index is 3420. The van der Waals surface area contributed by atoms with Gasteiger partial charge in [-0.1, -0.05) is 109 Å². The molecule has 55 heavy (non-hydrogen) atoms. The van der Waals surface area contributed by atoms with E-state index in [-0.39, 0.29) is 0 Å². The Labute approximate surface area is 316 Å². The van der Waals surface area contributed by atoms with Gasteiger partial charge in [-0.25, -0.2) is 4.85 Å². The van der Waals surface area contributed by atoms with Crippen LogP contribution in [0.15, 0.2) is 176 Å². The second kappa shape index (κ2) is 11.8. The van der Waals surface area contributed by atoms with Crippen molar-refractivity contribution >= 4 is 71.1 Å². The number of para-hydroxylation sites is 4. The van der Waals surface area contributed by atoms with Gasteiger partial charge in [0, 0.05) is 54.8 Å². The third kappa shape index (κ3) is 4.45. The van der Waals surface area contributed by atoms with Crippen LogP contribution in [0.25, 0.3) is 98.5 Å². The molecule has 3 aromatic heterocycles. The van der Waals surface area contributed by atoms with Crippen molar-refractivity contribution in [3.63, 3.8) is 0 Å². The molecule has 0 aliphatic rings. The van der Waals surface area contributed by atoms with Crippen LogP contribution in [0.4, 0.5) is 5.69 Å². The summed E-state index contributed by atoms with van der Waals surface area (Å²) >= 11 is 0. The fourth-order valence-electron chi connectivity index (χ4n) is 8.76. The van der Waals surface area contributed by atoms with Crippen LogP contribution in [-0.2, 0) is 0 Å². The normalized spacial score (nSPS) is 11.6. The zero-order valence-electron chi connectivity index (χ0n) is 29.5. The predicted octanol–water partition coefficient (Wildman–Crippen LogP) is 13.1. The van der Waals surface area contributed by atoms with Crippen molar-refractivity contribution in [3.05, 3.63) is 193 Å². The summed E-state index contributed by atoms with van der Waals surface area (Å²) in [6, 6.07) is 63.8. The van der Waals surface area contributed by atoms with Crippen LogP contribution in [0.5, 0.6) is 0 Å². The molecule has 254 valence electrons. The van der Waals surface area contributed by atoms with E-state index in [4.69, 9.17) is 6.57 Å². The topological polar surface area (TPSA) is 42.9 Å². The standard InChI is InChI=1S/C50H29N5/c1-52-33-24-26-41-39-16-4-9-22-47(39)55(50(41)29-33)48-23-11-18-36(43(48)31-51)32-12-10-13-34(28-32)53-46-21-8-5-17-40(46)42-30-35(25-27-49(42)53)54-44-19-6-2-14-37(44)38-15-3-7-20-45(38)54/h2-30H. The maximum Gasteiger partial charge on any atom is 0.189 e. The van der Waals surface area contributed by atoms with Crippen LogP contribution in [0, 0.1) is 17.9 Å². The van der Waals surface area contributed by atoms with Gasteiger partial charge in [-0.15, -0.1) is 0 Å². The summed E-state index contributed by atoms with van der Waals surface area (Å²) in [7, 11) is 0. The first-order valence-electron chi connectivity index (χ1n) is 18.3. The zero-order valence-corrected chi connectivity index (χ0v) is 29.5. The van der Waals surface area contributed by atoms with Crippen molar-refractivity contribution in [1.82, 2.24) is 13.7 Å². The van der Waals surface area contributed by atoms with Gasteiger partial charge in [0.15, 0.2) is 5.69 Å². The smallest absolute Gasteiger partial charge is 0.189 e. The monoisotopic (exact) mass is 699 g/mol. The van der Waals surface area contributed by atoms with Crippen LogP contribution < -0.4 is 0 Å². The molecule has 0 saturated carbocycles. The highest BCUT2D eigenvalue weighted by molar-refractivity contribution is 6.13. The van der Waals surface area contributed by atoms with Crippen molar-refractivity contribution in [2.45, 2.75) is 0 Å².